The van der Waals surface area contributed by atoms with Crippen LogP contribution < -0.4 is 10.9 Å². The van der Waals surface area contributed by atoms with Crippen molar-refractivity contribution in [3.05, 3.63) is 46.2 Å². The highest BCUT2D eigenvalue weighted by Crippen LogP contribution is 2.37. The van der Waals surface area contributed by atoms with Crippen molar-refractivity contribution >= 4 is 16.8 Å². The highest BCUT2D eigenvalue weighted by Gasteiger charge is 2.32. The molecule has 4 heteroatoms. The molecule has 21 heavy (non-hydrogen) atoms. The van der Waals surface area contributed by atoms with E-state index in [2.05, 4.69) is 24.1 Å². The van der Waals surface area contributed by atoms with Crippen molar-refractivity contribution in [2.75, 3.05) is 0 Å². The van der Waals surface area contributed by atoms with Crippen LogP contribution in [0.5, 0.6) is 0 Å². The molecule has 1 aliphatic rings. The van der Waals surface area contributed by atoms with Crippen LogP contribution in [-0.2, 0) is 0 Å². The van der Waals surface area contributed by atoms with Crippen molar-refractivity contribution in [2.45, 2.75) is 39.2 Å². The number of rotatable bonds is 2. The van der Waals surface area contributed by atoms with E-state index in [0.717, 1.165) is 24.6 Å². The van der Waals surface area contributed by atoms with E-state index in [4.69, 9.17) is 0 Å². The number of para-hydroxylation sites is 1. The zero-order valence-corrected chi connectivity index (χ0v) is 12.4. The Kier molecular flexibility index (Phi) is 3.32. The molecular weight excluding hydrogens is 264 g/mol. The fraction of sp³-hybridized carbons (Fsp3) is 0.412. The Morgan fingerprint density at radius 3 is 2.81 bits per heavy atom. The standard InChI is InChI=1S/C17H20N2O2/c1-17(2)8-7-11(10-17)18-16(21)13-9-15(20)19-14-6-4-3-5-12(13)14/h3-6,9,11H,7-8,10H2,1-2H3,(H,18,21)(H,19,20). The predicted molar refractivity (Wildman–Crippen MR) is 83.5 cm³/mol. The maximum absolute atomic E-state index is 12.5. The minimum Gasteiger partial charge on any atom is -0.349 e. The molecule has 1 saturated carbocycles. The van der Waals surface area contributed by atoms with Gasteiger partial charge in [0.15, 0.2) is 0 Å². The second kappa shape index (κ2) is 5.02. The Bertz CT molecular complexity index is 746. The molecule has 1 unspecified atom stereocenters. The summed E-state index contributed by atoms with van der Waals surface area (Å²) in [6.45, 7) is 4.45. The molecular formula is C17H20N2O2. The van der Waals surface area contributed by atoms with Gasteiger partial charge in [-0.15, -0.1) is 0 Å². The number of carbonyl (C=O) groups is 1. The van der Waals surface area contributed by atoms with Gasteiger partial charge in [-0.05, 0) is 30.7 Å². The first-order valence-electron chi connectivity index (χ1n) is 7.38. The molecule has 1 fully saturated rings. The van der Waals surface area contributed by atoms with Crippen molar-refractivity contribution in [3.63, 3.8) is 0 Å². The summed E-state index contributed by atoms with van der Waals surface area (Å²) < 4.78 is 0. The quantitative estimate of drug-likeness (QED) is 0.890. The third-order valence-electron chi connectivity index (χ3n) is 4.30. The molecule has 4 nitrogen and oxygen atoms in total. The van der Waals surface area contributed by atoms with Gasteiger partial charge in [-0.25, -0.2) is 0 Å². The lowest BCUT2D eigenvalue weighted by atomic mass is 9.92. The summed E-state index contributed by atoms with van der Waals surface area (Å²) in [5.74, 6) is -0.153. The summed E-state index contributed by atoms with van der Waals surface area (Å²) in [5.41, 5.74) is 1.19. The highest BCUT2D eigenvalue weighted by atomic mass is 16.2. The molecule has 0 saturated heterocycles. The molecule has 1 heterocycles. The molecule has 0 bridgehead atoms. The van der Waals surface area contributed by atoms with Crippen molar-refractivity contribution in [3.8, 4) is 0 Å². The summed E-state index contributed by atoms with van der Waals surface area (Å²) in [5, 5.41) is 3.86. The molecule has 1 aromatic heterocycles. The highest BCUT2D eigenvalue weighted by molar-refractivity contribution is 6.06. The van der Waals surface area contributed by atoms with E-state index in [9.17, 15) is 9.59 Å². The topological polar surface area (TPSA) is 62.0 Å². The summed E-state index contributed by atoms with van der Waals surface area (Å²) in [6.07, 6.45) is 3.10. The Hall–Kier alpha value is -2.10. The van der Waals surface area contributed by atoms with E-state index in [1.807, 2.05) is 24.3 Å². The SMILES string of the molecule is CC1(C)CCC(NC(=O)c2cc(=O)[nH]c3ccccc23)C1. The van der Waals surface area contributed by atoms with Crippen LogP contribution >= 0.6 is 0 Å². The molecule has 2 aromatic rings. The number of aromatic nitrogens is 1. The number of H-pyrrole nitrogens is 1. The van der Waals surface area contributed by atoms with Gasteiger partial charge in [-0.3, -0.25) is 9.59 Å². The van der Waals surface area contributed by atoms with Gasteiger partial charge in [0.25, 0.3) is 5.91 Å². The van der Waals surface area contributed by atoms with E-state index in [-0.39, 0.29) is 22.9 Å². The summed E-state index contributed by atoms with van der Waals surface area (Å²) in [6, 6.07) is 8.98. The summed E-state index contributed by atoms with van der Waals surface area (Å²) >= 11 is 0. The first-order valence-corrected chi connectivity index (χ1v) is 7.38. The monoisotopic (exact) mass is 284 g/mol. The number of aromatic amines is 1. The zero-order valence-electron chi connectivity index (χ0n) is 12.4. The van der Waals surface area contributed by atoms with E-state index in [1.165, 1.54) is 6.07 Å². The lowest BCUT2D eigenvalue weighted by Gasteiger charge is -2.18. The van der Waals surface area contributed by atoms with Crippen LogP contribution in [0.25, 0.3) is 10.9 Å². The van der Waals surface area contributed by atoms with Gasteiger partial charge in [-0.2, -0.15) is 0 Å². The van der Waals surface area contributed by atoms with Crippen LogP contribution in [0.1, 0.15) is 43.5 Å². The molecule has 2 N–H and O–H groups in total. The molecule has 0 aliphatic heterocycles. The van der Waals surface area contributed by atoms with Crippen LogP contribution in [-0.4, -0.2) is 16.9 Å². The van der Waals surface area contributed by atoms with Crippen LogP contribution in [0.2, 0.25) is 0 Å². The van der Waals surface area contributed by atoms with Crippen LogP contribution in [0.4, 0.5) is 0 Å². The Morgan fingerprint density at radius 1 is 1.33 bits per heavy atom. The number of fused-ring (bicyclic) bond motifs is 1. The first kappa shape index (κ1) is 13.9. The van der Waals surface area contributed by atoms with Crippen LogP contribution in [0.3, 0.4) is 0 Å². The second-order valence-corrected chi connectivity index (χ2v) is 6.67. The van der Waals surface area contributed by atoms with Crippen molar-refractivity contribution < 1.29 is 4.79 Å². The van der Waals surface area contributed by atoms with Gasteiger partial charge in [-0.1, -0.05) is 32.0 Å². The number of benzene rings is 1. The van der Waals surface area contributed by atoms with Crippen molar-refractivity contribution in [1.29, 1.82) is 0 Å². The first-order chi connectivity index (χ1) is 9.94. The number of pyridine rings is 1. The molecule has 1 aromatic carbocycles. The third-order valence-corrected chi connectivity index (χ3v) is 4.30. The Balaban J connectivity index is 1.90. The number of nitrogens with one attached hydrogen (secondary N) is 2. The average Bonchev–Trinajstić information content (AvgIpc) is 2.76. The van der Waals surface area contributed by atoms with Gasteiger partial charge in [0, 0.05) is 23.0 Å². The number of hydrogen-bond acceptors (Lipinski definition) is 2. The van der Waals surface area contributed by atoms with Gasteiger partial charge in [0.05, 0.1) is 5.56 Å². The largest absolute Gasteiger partial charge is 0.349 e. The van der Waals surface area contributed by atoms with Gasteiger partial charge < -0.3 is 10.3 Å². The summed E-state index contributed by atoms with van der Waals surface area (Å²) in [4.78, 5) is 27.0. The molecule has 0 radical (unpaired) electrons. The molecule has 110 valence electrons. The van der Waals surface area contributed by atoms with Gasteiger partial charge >= 0.3 is 0 Å². The summed E-state index contributed by atoms with van der Waals surface area (Å²) in [7, 11) is 0. The second-order valence-electron chi connectivity index (χ2n) is 6.67. The zero-order chi connectivity index (χ0) is 15.0. The molecule has 1 atom stereocenters. The normalized spacial score (nSPS) is 20.6. The number of amides is 1. The van der Waals surface area contributed by atoms with E-state index in [1.54, 1.807) is 0 Å². The number of hydrogen-bond donors (Lipinski definition) is 2. The molecule has 3 rings (SSSR count). The van der Waals surface area contributed by atoms with E-state index in [0.29, 0.717) is 11.1 Å². The van der Waals surface area contributed by atoms with Crippen molar-refractivity contribution in [1.82, 2.24) is 10.3 Å². The van der Waals surface area contributed by atoms with Crippen LogP contribution in [0, 0.1) is 5.41 Å². The van der Waals surface area contributed by atoms with Crippen molar-refractivity contribution in [2.24, 2.45) is 5.41 Å². The fourth-order valence-electron chi connectivity index (χ4n) is 3.21. The molecule has 1 amide bonds. The Labute approximate surface area is 123 Å². The maximum atomic E-state index is 12.5. The molecule has 1 aliphatic carbocycles. The average molecular weight is 284 g/mol. The lowest BCUT2D eigenvalue weighted by molar-refractivity contribution is 0.0937. The van der Waals surface area contributed by atoms with Gasteiger partial charge in [0.1, 0.15) is 0 Å². The van der Waals surface area contributed by atoms with Gasteiger partial charge in [0.2, 0.25) is 5.56 Å². The lowest BCUT2D eigenvalue weighted by Crippen LogP contribution is -2.34. The number of carbonyl (C=O) groups excluding carboxylic acids is 1. The third kappa shape index (κ3) is 2.84. The minimum atomic E-state index is -0.245. The maximum Gasteiger partial charge on any atom is 0.252 e. The Morgan fingerprint density at radius 2 is 2.10 bits per heavy atom. The smallest absolute Gasteiger partial charge is 0.252 e. The van der Waals surface area contributed by atoms with E-state index >= 15 is 0 Å². The van der Waals surface area contributed by atoms with Crippen LogP contribution in [0.15, 0.2) is 35.1 Å². The predicted octanol–water partition coefficient (Wildman–Crippen LogP) is 2.84. The minimum absolute atomic E-state index is 0.153. The van der Waals surface area contributed by atoms with E-state index < -0.39 is 0 Å². The fourth-order valence-corrected chi connectivity index (χ4v) is 3.21. The molecule has 0 spiro atoms.